The van der Waals surface area contributed by atoms with Gasteiger partial charge in [0, 0.05) is 16.9 Å². The van der Waals surface area contributed by atoms with Crippen molar-refractivity contribution in [3.63, 3.8) is 0 Å². The van der Waals surface area contributed by atoms with Crippen LogP contribution in [0.25, 0.3) is 0 Å². The molecule has 0 atom stereocenters. The number of hydrogen-bond donors (Lipinski definition) is 2. The number of rotatable bonds is 4. The summed E-state index contributed by atoms with van der Waals surface area (Å²) in [7, 11) is 0. The van der Waals surface area contributed by atoms with E-state index in [4.69, 9.17) is 5.11 Å². The van der Waals surface area contributed by atoms with E-state index >= 15 is 0 Å². The predicted molar refractivity (Wildman–Crippen MR) is 80.5 cm³/mol. The number of thiophene rings is 1. The van der Waals surface area contributed by atoms with Crippen LogP contribution in [0.3, 0.4) is 0 Å². The molecule has 0 unspecified atom stereocenters. The van der Waals surface area contributed by atoms with Gasteiger partial charge in [-0.25, -0.2) is 4.39 Å². The molecule has 0 aliphatic rings. The summed E-state index contributed by atoms with van der Waals surface area (Å²) in [5.74, 6) is 4.38. The van der Waals surface area contributed by atoms with E-state index < -0.39 is 11.7 Å². The van der Waals surface area contributed by atoms with Crippen LogP contribution in [0.4, 0.5) is 4.39 Å². The van der Waals surface area contributed by atoms with Gasteiger partial charge in [-0.2, -0.15) is 0 Å². The van der Waals surface area contributed by atoms with Crippen LogP contribution in [0, 0.1) is 17.7 Å². The molecule has 1 heterocycles. The molecule has 3 nitrogen and oxygen atoms in total. The van der Waals surface area contributed by atoms with E-state index in [0.29, 0.717) is 18.5 Å². The molecule has 0 bridgehead atoms. The monoisotopic (exact) mass is 303 g/mol. The van der Waals surface area contributed by atoms with Gasteiger partial charge in [0.05, 0.1) is 18.7 Å². The van der Waals surface area contributed by atoms with Crippen molar-refractivity contribution in [1.29, 1.82) is 0 Å². The maximum absolute atomic E-state index is 13.9. The highest BCUT2D eigenvalue weighted by Gasteiger charge is 2.11. The van der Waals surface area contributed by atoms with Gasteiger partial charge in [-0.3, -0.25) is 4.79 Å². The molecule has 0 spiro atoms. The topological polar surface area (TPSA) is 49.3 Å². The minimum Gasteiger partial charge on any atom is -0.395 e. The lowest BCUT2D eigenvalue weighted by atomic mass is 10.1. The Morgan fingerprint density at radius 3 is 2.90 bits per heavy atom. The molecular formula is C16H14FNO2S. The summed E-state index contributed by atoms with van der Waals surface area (Å²) in [6, 6.07) is 8.04. The summed E-state index contributed by atoms with van der Waals surface area (Å²) >= 11 is 1.53. The van der Waals surface area contributed by atoms with Crippen LogP contribution >= 0.6 is 11.3 Å². The highest BCUT2D eigenvalue weighted by molar-refractivity contribution is 7.09. The minimum atomic E-state index is -0.602. The number of amides is 1. The molecule has 1 aromatic heterocycles. The summed E-state index contributed by atoms with van der Waals surface area (Å²) in [5.41, 5.74) is 0.482. The fourth-order valence-electron chi connectivity index (χ4n) is 1.67. The van der Waals surface area contributed by atoms with Crippen LogP contribution in [-0.2, 0) is 6.54 Å². The van der Waals surface area contributed by atoms with Gasteiger partial charge in [0.15, 0.2) is 0 Å². The lowest BCUT2D eigenvalue weighted by Crippen LogP contribution is -2.23. The summed E-state index contributed by atoms with van der Waals surface area (Å²) in [4.78, 5) is 12.9. The normalized spacial score (nSPS) is 9.81. The fraction of sp³-hybridized carbons (Fsp3) is 0.188. The van der Waals surface area contributed by atoms with E-state index in [9.17, 15) is 9.18 Å². The van der Waals surface area contributed by atoms with Crippen molar-refractivity contribution in [1.82, 2.24) is 5.32 Å². The quantitative estimate of drug-likeness (QED) is 0.853. The number of nitrogens with one attached hydrogen (secondary N) is 1. The van der Waals surface area contributed by atoms with Crippen molar-refractivity contribution in [3.05, 3.63) is 57.5 Å². The summed E-state index contributed by atoms with van der Waals surface area (Å²) in [6.45, 7) is 0.354. The van der Waals surface area contributed by atoms with Gasteiger partial charge in [-0.1, -0.05) is 17.9 Å². The number of carbonyl (C=O) groups excluding carboxylic acids is 1. The Balaban J connectivity index is 2.03. The molecule has 1 aromatic carbocycles. The van der Waals surface area contributed by atoms with Crippen LogP contribution in [0.1, 0.15) is 27.2 Å². The van der Waals surface area contributed by atoms with E-state index in [1.165, 1.54) is 23.5 Å². The minimum absolute atomic E-state index is 0.000681. The van der Waals surface area contributed by atoms with E-state index in [-0.39, 0.29) is 12.2 Å². The molecule has 21 heavy (non-hydrogen) atoms. The predicted octanol–water partition coefficient (Wildman–Crippen LogP) is 2.55. The highest BCUT2D eigenvalue weighted by Crippen LogP contribution is 2.12. The molecular weight excluding hydrogens is 289 g/mol. The Labute approximate surface area is 126 Å². The van der Waals surface area contributed by atoms with E-state index in [0.717, 1.165) is 4.88 Å². The molecule has 0 radical (unpaired) electrons. The van der Waals surface area contributed by atoms with Crippen molar-refractivity contribution >= 4 is 17.2 Å². The first kappa shape index (κ1) is 15.2. The molecule has 2 aromatic rings. The van der Waals surface area contributed by atoms with E-state index in [2.05, 4.69) is 17.2 Å². The zero-order valence-electron chi connectivity index (χ0n) is 11.2. The molecule has 2 N–H and O–H groups in total. The van der Waals surface area contributed by atoms with Crippen LogP contribution in [0.15, 0.2) is 35.7 Å². The van der Waals surface area contributed by atoms with Crippen molar-refractivity contribution < 1.29 is 14.3 Å². The summed E-state index contributed by atoms with van der Waals surface area (Å²) in [6.07, 6.45) is 0.338. The average molecular weight is 303 g/mol. The van der Waals surface area contributed by atoms with Crippen molar-refractivity contribution in [2.24, 2.45) is 0 Å². The van der Waals surface area contributed by atoms with E-state index in [1.54, 1.807) is 6.07 Å². The summed E-state index contributed by atoms with van der Waals surface area (Å²) in [5, 5.41) is 13.2. The smallest absolute Gasteiger partial charge is 0.254 e. The third kappa shape index (κ3) is 4.42. The number of aliphatic hydroxyl groups excluding tert-OH is 1. The molecule has 108 valence electrons. The Bertz CT molecular complexity index is 671. The van der Waals surface area contributed by atoms with Crippen LogP contribution in [0.2, 0.25) is 0 Å². The highest BCUT2D eigenvalue weighted by atomic mass is 32.1. The second-order valence-electron chi connectivity index (χ2n) is 4.23. The molecule has 5 heteroatoms. The van der Waals surface area contributed by atoms with Crippen molar-refractivity contribution in [2.75, 3.05) is 6.61 Å². The van der Waals surface area contributed by atoms with Gasteiger partial charge < -0.3 is 10.4 Å². The third-order valence-electron chi connectivity index (χ3n) is 2.69. The van der Waals surface area contributed by atoms with Crippen LogP contribution in [0.5, 0.6) is 0 Å². The Hall–Kier alpha value is -2.16. The standard InChI is InChI=1S/C16H14FNO2S/c17-15-10-12(4-1-2-8-19)6-7-14(15)16(20)18-11-13-5-3-9-21-13/h3,5-7,9-10,19H,2,8,11H2,(H,18,20). The van der Waals surface area contributed by atoms with Gasteiger partial charge in [-0.15, -0.1) is 11.3 Å². The van der Waals surface area contributed by atoms with Crippen LogP contribution in [-0.4, -0.2) is 17.6 Å². The number of benzene rings is 1. The average Bonchev–Trinajstić information content (AvgIpc) is 2.98. The zero-order chi connectivity index (χ0) is 15.1. The van der Waals surface area contributed by atoms with Gasteiger partial charge in [0.1, 0.15) is 5.82 Å². The Morgan fingerprint density at radius 1 is 1.38 bits per heavy atom. The third-order valence-corrected chi connectivity index (χ3v) is 3.56. The second kappa shape index (κ2) is 7.58. The Kier molecular flexibility index (Phi) is 5.50. The fourth-order valence-corrected chi connectivity index (χ4v) is 2.32. The first-order chi connectivity index (χ1) is 10.2. The summed E-state index contributed by atoms with van der Waals surface area (Å²) < 4.78 is 13.9. The number of hydrogen-bond acceptors (Lipinski definition) is 3. The maximum atomic E-state index is 13.9. The van der Waals surface area contributed by atoms with Gasteiger partial charge in [0.25, 0.3) is 5.91 Å². The lowest BCUT2D eigenvalue weighted by molar-refractivity contribution is 0.0947. The number of halogens is 1. The molecule has 2 rings (SSSR count). The molecule has 0 aliphatic heterocycles. The zero-order valence-corrected chi connectivity index (χ0v) is 12.0. The number of carbonyl (C=O) groups is 1. The lowest BCUT2D eigenvalue weighted by Gasteiger charge is -2.05. The Morgan fingerprint density at radius 2 is 2.24 bits per heavy atom. The van der Waals surface area contributed by atoms with Gasteiger partial charge >= 0.3 is 0 Å². The molecule has 0 fully saturated rings. The SMILES string of the molecule is O=C(NCc1cccs1)c1ccc(C#CCCO)cc1F. The second-order valence-corrected chi connectivity index (χ2v) is 5.26. The van der Waals surface area contributed by atoms with Crippen molar-refractivity contribution in [2.45, 2.75) is 13.0 Å². The number of aliphatic hydroxyl groups is 1. The largest absolute Gasteiger partial charge is 0.395 e. The van der Waals surface area contributed by atoms with Gasteiger partial charge in [-0.05, 0) is 29.6 Å². The first-order valence-electron chi connectivity index (χ1n) is 6.40. The molecule has 0 saturated heterocycles. The van der Waals surface area contributed by atoms with Gasteiger partial charge in [0.2, 0.25) is 0 Å². The maximum Gasteiger partial charge on any atom is 0.254 e. The van der Waals surface area contributed by atoms with E-state index in [1.807, 2.05) is 17.5 Å². The van der Waals surface area contributed by atoms with Crippen LogP contribution < -0.4 is 5.32 Å². The molecule has 0 saturated carbocycles. The first-order valence-corrected chi connectivity index (χ1v) is 7.28. The van der Waals surface area contributed by atoms with Crippen molar-refractivity contribution in [3.8, 4) is 11.8 Å². The molecule has 1 amide bonds. The molecule has 0 aliphatic carbocycles.